The van der Waals surface area contributed by atoms with E-state index in [4.69, 9.17) is 34.8 Å². The molecular formula is C27H22Cl3NO6S4. The molecule has 1 aliphatic heterocycles. The van der Waals surface area contributed by atoms with Crippen molar-refractivity contribution in [2.75, 3.05) is 10.8 Å². The van der Waals surface area contributed by atoms with Crippen LogP contribution in [0.15, 0.2) is 80.7 Å². The minimum atomic E-state index is -4.32. The molecule has 0 radical (unpaired) electrons. The van der Waals surface area contributed by atoms with Gasteiger partial charge in [-0.3, -0.25) is 9.11 Å². The van der Waals surface area contributed by atoms with Crippen LogP contribution in [0.25, 0.3) is 16.2 Å². The van der Waals surface area contributed by atoms with Crippen molar-refractivity contribution in [1.29, 1.82) is 0 Å². The second kappa shape index (κ2) is 12.1. The molecule has 2 heterocycles. The number of halogens is 3. The third kappa shape index (κ3) is 7.41. The third-order valence-corrected chi connectivity index (χ3v) is 10.9. The Hall–Kier alpha value is -1.80. The predicted molar refractivity (Wildman–Crippen MR) is 170 cm³/mol. The fourth-order valence-electron chi connectivity index (χ4n) is 4.66. The van der Waals surface area contributed by atoms with Crippen LogP contribution in [-0.2, 0) is 26.0 Å². The fourth-order valence-corrected chi connectivity index (χ4v) is 8.91. The zero-order valence-corrected chi connectivity index (χ0v) is 26.6. The Labute approximate surface area is 261 Å². The van der Waals surface area contributed by atoms with Crippen molar-refractivity contribution >= 4 is 100.0 Å². The first-order valence-corrected chi connectivity index (χ1v) is 18.1. The molecule has 0 saturated heterocycles. The highest BCUT2D eigenvalue weighted by atomic mass is 35.5. The molecule has 2 N–H and O–H groups in total. The van der Waals surface area contributed by atoms with Gasteiger partial charge in [0, 0.05) is 29.6 Å². The number of nitrogens with zero attached hydrogens (tertiary/aromatic N) is 1. The van der Waals surface area contributed by atoms with E-state index in [2.05, 4.69) is 0 Å². The molecule has 3 aromatic rings. The second-order valence-electron chi connectivity index (χ2n) is 9.39. The average Bonchev–Trinajstić information content (AvgIpc) is 3.37. The molecule has 1 aromatic heterocycles. The minimum Gasteiger partial charge on any atom is -0.317 e. The van der Waals surface area contributed by atoms with Gasteiger partial charge in [0.1, 0.15) is 5.75 Å². The number of hydrogen-bond acceptors (Lipinski definition) is 7. The van der Waals surface area contributed by atoms with E-state index in [0.717, 1.165) is 27.2 Å². The van der Waals surface area contributed by atoms with E-state index < -0.39 is 31.9 Å². The van der Waals surface area contributed by atoms with Crippen LogP contribution < -0.4 is 4.90 Å². The van der Waals surface area contributed by atoms with Gasteiger partial charge in [-0.25, -0.2) is 0 Å². The topological polar surface area (TPSA) is 112 Å². The normalized spacial score (nSPS) is 18.4. The van der Waals surface area contributed by atoms with Crippen LogP contribution in [0.4, 0.5) is 5.69 Å². The number of rotatable bonds is 7. The van der Waals surface area contributed by atoms with Crippen LogP contribution in [-0.4, -0.2) is 31.8 Å². The first-order valence-electron chi connectivity index (χ1n) is 12.1. The van der Waals surface area contributed by atoms with Crippen molar-refractivity contribution in [2.45, 2.75) is 29.9 Å². The maximum Gasteiger partial charge on any atom is 0.283 e. The lowest BCUT2D eigenvalue weighted by atomic mass is 9.94. The number of benzene rings is 2. The highest BCUT2D eigenvalue weighted by molar-refractivity contribution is 8.03. The molecule has 0 fully saturated rings. The quantitative estimate of drug-likeness (QED) is 0.237. The fraction of sp³-hybridized carbons (Fsp3) is 0.185. The minimum absolute atomic E-state index is 0.445. The van der Waals surface area contributed by atoms with E-state index in [1.54, 1.807) is 42.5 Å². The summed E-state index contributed by atoms with van der Waals surface area (Å²) in [6, 6.07) is 10.4. The highest BCUT2D eigenvalue weighted by Crippen LogP contribution is 2.47. The summed E-state index contributed by atoms with van der Waals surface area (Å²) in [6.45, 7) is 0. The zero-order chi connectivity index (χ0) is 29.5. The summed E-state index contributed by atoms with van der Waals surface area (Å²) in [5, 5.41) is 2.72. The summed E-state index contributed by atoms with van der Waals surface area (Å²) in [6.07, 6.45) is 9.51. The zero-order valence-electron chi connectivity index (χ0n) is 21.1. The number of anilines is 1. The Morgan fingerprint density at radius 3 is 2.37 bits per heavy atom. The van der Waals surface area contributed by atoms with Gasteiger partial charge in [0.05, 0.1) is 10.7 Å². The van der Waals surface area contributed by atoms with Crippen LogP contribution in [0, 0.1) is 0 Å². The second-order valence-corrected chi connectivity index (χ2v) is 15.7. The van der Waals surface area contributed by atoms with Gasteiger partial charge in [-0.05, 0) is 89.9 Å². The smallest absolute Gasteiger partial charge is 0.283 e. The number of thioether (sulfide) groups is 1. The predicted octanol–water partition coefficient (Wildman–Crippen LogP) is 8.51. The Morgan fingerprint density at radius 1 is 0.902 bits per heavy atom. The SMILES string of the molecule is O=S(=O)(O)Cc1c(/C=C/C2=C(Cl)C(=C/C=C3\Sc4ccc(Cl)cc4N3CS(=O)(=O)O)/CCC2)sc2ccc(Cl)cc12. The van der Waals surface area contributed by atoms with Crippen molar-refractivity contribution in [2.24, 2.45) is 0 Å². The molecule has 2 aliphatic rings. The summed E-state index contributed by atoms with van der Waals surface area (Å²) in [5.41, 5.74) is 2.77. The molecule has 2 aromatic carbocycles. The van der Waals surface area contributed by atoms with Crippen molar-refractivity contribution in [3.63, 3.8) is 0 Å². The summed E-state index contributed by atoms with van der Waals surface area (Å²) >= 11 is 21.8. The van der Waals surface area contributed by atoms with Crippen LogP contribution in [0.5, 0.6) is 0 Å². The summed E-state index contributed by atoms with van der Waals surface area (Å²) in [5.74, 6) is -1.16. The Balaban J connectivity index is 1.47. The maximum absolute atomic E-state index is 11.8. The first-order chi connectivity index (χ1) is 19.3. The van der Waals surface area contributed by atoms with E-state index >= 15 is 0 Å². The average molecular weight is 691 g/mol. The molecule has 0 saturated carbocycles. The van der Waals surface area contributed by atoms with Gasteiger partial charge in [-0.2, -0.15) is 16.8 Å². The summed E-state index contributed by atoms with van der Waals surface area (Å²) in [7, 11) is -8.60. The molecule has 216 valence electrons. The van der Waals surface area contributed by atoms with Gasteiger partial charge >= 0.3 is 0 Å². The monoisotopic (exact) mass is 689 g/mol. The molecule has 0 spiro atoms. The van der Waals surface area contributed by atoms with Gasteiger partial charge in [-0.1, -0.05) is 58.7 Å². The first kappa shape index (κ1) is 30.7. The van der Waals surface area contributed by atoms with Crippen molar-refractivity contribution < 1.29 is 25.9 Å². The van der Waals surface area contributed by atoms with Crippen LogP contribution in [0.3, 0.4) is 0 Å². The van der Waals surface area contributed by atoms with Gasteiger partial charge in [0.2, 0.25) is 0 Å². The molecular weight excluding hydrogens is 669 g/mol. The molecule has 0 atom stereocenters. The maximum atomic E-state index is 11.8. The summed E-state index contributed by atoms with van der Waals surface area (Å²) < 4.78 is 66.9. The number of allylic oxidation sites excluding steroid dienone is 6. The molecule has 41 heavy (non-hydrogen) atoms. The van der Waals surface area contributed by atoms with Gasteiger partial charge in [0.15, 0.2) is 5.88 Å². The molecule has 14 heteroatoms. The lowest BCUT2D eigenvalue weighted by molar-refractivity contribution is 0.480. The van der Waals surface area contributed by atoms with Gasteiger partial charge in [-0.15, -0.1) is 11.3 Å². The molecule has 5 rings (SSSR count). The van der Waals surface area contributed by atoms with Crippen LogP contribution in [0.1, 0.15) is 29.7 Å². The van der Waals surface area contributed by atoms with Gasteiger partial charge < -0.3 is 4.90 Å². The van der Waals surface area contributed by atoms with Crippen molar-refractivity contribution in [1.82, 2.24) is 0 Å². The highest BCUT2D eigenvalue weighted by Gasteiger charge is 2.28. The molecule has 0 amide bonds. The Kier molecular flexibility index (Phi) is 9.02. The summed E-state index contributed by atoms with van der Waals surface area (Å²) in [4.78, 5) is 2.97. The number of fused-ring (bicyclic) bond motifs is 2. The van der Waals surface area contributed by atoms with E-state index in [9.17, 15) is 25.9 Å². The third-order valence-electron chi connectivity index (χ3n) is 6.41. The Bertz CT molecular complexity index is 1890. The Morgan fingerprint density at radius 2 is 1.63 bits per heavy atom. The van der Waals surface area contributed by atoms with Crippen molar-refractivity contribution in [3.05, 3.63) is 96.3 Å². The molecule has 0 bridgehead atoms. The van der Waals surface area contributed by atoms with E-state index in [0.29, 0.717) is 54.5 Å². The lowest BCUT2D eigenvalue weighted by Crippen LogP contribution is -2.25. The van der Waals surface area contributed by atoms with Crippen LogP contribution in [0.2, 0.25) is 10.0 Å². The van der Waals surface area contributed by atoms with Gasteiger partial charge in [0.25, 0.3) is 20.2 Å². The largest absolute Gasteiger partial charge is 0.317 e. The molecule has 1 aliphatic carbocycles. The molecule has 7 nitrogen and oxygen atoms in total. The van der Waals surface area contributed by atoms with E-state index in [1.165, 1.54) is 28.0 Å². The van der Waals surface area contributed by atoms with E-state index in [-0.39, 0.29) is 0 Å². The van der Waals surface area contributed by atoms with E-state index in [1.807, 2.05) is 18.2 Å². The molecule has 0 unspecified atom stereocenters. The van der Waals surface area contributed by atoms with Crippen molar-refractivity contribution in [3.8, 4) is 0 Å². The lowest BCUT2D eigenvalue weighted by Gasteiger charge is -2.19. The number of thiophene rings is 1. The standard InChI is InChI=1S/C27H22Cl3NO6S4/c28-18-6-9-23-20(12-18)21(14-40(32,33)34)24(38-23)8-4-16-2-1-3-17(27(16)30)5-11-26-31(15-41(35,36)37)22-13-19(29)7-10-25(22)39-26/h4-13H,1-3,14-15H2,(H,32,33,34)(H,35,36,37)/b8-4+,17-5+,26-11-. The van der Waals surface area contributed by atoms with Crippen LogP contribution >= 0.6 is 57.9 Å². The number of hydrogen-bond donors (Lipinski definition) is 2.